The third kappa shape index (κ3) is 4.10. The van der Waals surface area contributed by atoms with Crippen LogP contribution in [0.2, 0.25) is 0 Å². The summed E-state index contributed by atoms with van der Waals surface area (Å²) in [6.45, 7) is 5.67. The minimum Gasteiger partial charge on any atom is -0.368 e. The number of carbonyl (C=O) groups excluding carboxylic acids is 1. The predicted octanol–water partition coefficient (Wildman–Crippen LogP) is 2.41. The molecule has 0 radical (unpaired) electrons. The largest absolute Gasteiger partial charge is 0.368 e. The fourth-order valence-electron chi connectivity index (χ4n) is 3.78. The van der Waals surface area contributed by atoms with Crippen molar-refractivity contribution in [1.29, 1.82) is 0 Å². The van der Waals surface area contributed by atoms with Crippen LogP contribution < -0.4 is 0 Å². The summed E-state index contributed by atoms with van der Waals surface area (Å²) in [4.78, 5) is 18.8. The van der Waals surface area contributed by atoms with Crippen molar-refractivity contribution in [2.24, 2.45) is 0 Å². The molecule has 1 saturated carbocycles. The second kappa shape index (κ2) is 7.43. The smallest absolute Gasteiger partial charge is 0.248 e. The van der Waals surface area contributed by atoms with Crippen molar-refractivity contribution in [2.75, 3.05) is 19.7 Å². The number of rotatable bonds is 4. The third-order valence-electron chi connectivity index (χ3n) is 5.00. The Labute approximate surface area is 138 Å². The van der Waals surface area contributed by atoms with Crippen molar-refractivity contribution in [1.82, 2.24) is 19.7 Å². The van der Waals surface area contributed by atoms with Crippen molar-refractivity contribution >= 4 is 5.91 Å². The highest BCUT2D eigenvalue weighted by atomic mass is 16.5. The number of hydrogen-bond acceptors (Lipinski definition) is 4. The van der Waals surface area contributed by atoms with Gasteiger partial charge >= 0.3 is 0 Å². The lowest BCUT2D eigenvalue weighted by molar-refractivity contribution is -0.140. The van der Waals surface area contributed by atoms with Crippen LogP contribution in [0, 0.1) is 13.8 Å². The molecule has 1 aromatic rings. The molecule has 3 rings (SSSR count). The summed E-state index contributed by atoms with van der Waals surface area (Å²) in [5.41, 5.74) is 0. The van der Waals surface area contributed by atoms with E-state index in [0.717, 1.165) is 50.4 Å². The van der Waals surface area contributed by atoms with Gasteiger partial charge < -0.3 is 9.64 Å². The minimum atomic E-state index is 0.120. The van der Waals surface area contributed by atoms with Crippen molar-refractivity contribution in [3.05, 3.63) is 11.6 Å². The molecule has 0 bridgehead atoms. The number of amides is 1. The van der Waals surface area contributed by atoms with E-state index < -0.39 is 0 Å². The van der Waals surface area contributed by atoms with Crippen LogP contribution in [0.25, 0.3) is 0 Å². The number of carbonyl (C=O) groups is 1. The van der Waals surface area contributed by atoms with Gasteiger partial charge in [-0.25, -0.2) is 9.67 Å². The highest BCUT2D eigenvalue weighted by Gasteiger charge is 2.27. The maximum Gasteiger partial charge on any atom is 0.248 e. The molecule has 0 N–H and O–H groups in total. The summed E-state index contributed by atoms with van der Waals surface area (Å²) in [6, 6.07) is 0.239. The Morgan fingerprint density at radius 1 is 1.17 bits per heavy atom. The van der Waals surface area contributed by atoms with Gasteiger partial charge in [0.1, 0.15) is 18.3 Å². The monoisotopic (exact) mass is 320 g/mol. The molecule has 128 valence electrons. The predicted molar refractivity (Wildman–Crippen MR) is 87.2 cm³/mol. The first-order chi connectivity index (χ1) is 11.1. The van der Waals surface area contributed by atoms with Crippen LogP contribution in [0.3, 0.4) is 0 Å². The summed E-state index contributed by atoms with van der Waals surface area (Å²) >= 11 is 0. The molecule has 0 spiro atoms. The number of likely N-dealkylation sites (tertiary alicyclic amines) is 1. The first-order valence-corrected chi connectivity index (χ1v) is 8.92. The summed E-state index contributed by atoms with van der Waals surface area (Å²) in [6.07, 6.45) is 8.33. The van der Waals surface area contributed by atoms with Gasteiger partial charge in [0.05, 0.1) is 12.1 Å². The molecule has 1 aliphatic carbocycles. The van der Waals surface area contributed by atoms with Crippen molar-refractivity contribution in [2.45, 2.75) is 70.9 Å². The topological polar surface area (TPSA) is 60.2 Å². The summed E-state index contributed by atoms with van der Waals surface area (Å²) in [5, 5.41) is 4.48. The lowest BCUT2D eigenvalue weighted by atomic mass is 9.98. The average molecular weight is 320 g/mol. The van der Waals surface area contributed by atoms with Gasteiger partial charge in [0.2, 0.25) is 5.91 Å². The molecule has 1 atom stereocenters. The van der Waals surface area contributed by atoms with Crippen molar-refractivity contribution in [3.63, 3.8) is 0 Å². The molecule has 6 nitrogen and oxygen atoms in total. The SMILES string of the molecule is Cc1nc(C)n([C@H]2CCCN(C(=O)COC3CCCCC3)C2)n1. The minimum absolute atomic E-state index is 0.120. The Morgan fingerprint density at radius 2 is 1.96 bits per heavy atom. The van der Waals surface area contributed by atoms with Gasteiger partial charge in [-0.2, -0.15) is 5.10 Å². The first kappa shape index (κ1) is 16.4. The van der Waals surface area contributed by atoms with Crippen molar-refractivity contribution < 1.29 is 9.53 Å². The summed E-state index contributed by atoms with van der Waals surface area (Å²) < 4.78 is 7.82. The fourth-order valence-corrected chi connectivity index (χ4v) is 3.78. The number of hydrogen-bond donors (Lipinski definition) is 0. The van der Waals surface area contributed by atoms with E-state index in [1.54, 1.807) is 0 Å². The Bertz CT molecular complexity index is 537. The van der Waals surface area contributed by atoms with E-state index in [2.05, 4.69) is 10.1 Å². The first-order valence-electron chi connectivity index (χ1n) is 8.92. The highest BCUT2D eigenvalue weighted by Crippen LogP contribution is 2.23. The molecule has 2 fully saturated rings. The Kier molecular flexibility index (Phi) is 5.30. The van der Waals surface area contributed by atoms with Gasteiger partial charge in [0, 0.05) is 13.1 Å². The molecule has 1 saturated heterocycles. The molecule has 0 unspecified atom stereocenters. The van der Waals surface area contributed by atoms with Gasteiger partial charge in [-0.3, -0.25) is 4.79 Å². The van der Waals surface area contributed by atoms with Gasteiger partial charge in [-0.05, 0) is 39.5 Å². The molecule has 2 aliphatic rings. The van der Waals surface area contributed by atoms with Crippen LogP contribution in [0.15, 0.2) is 0 Å². The molecule has 2 heterocycles. The number of ether oxygens (including phenoxy) is 1. The quantitative estimate of drug-likeness (QED) is 0.855. The lowest BCUT2D eigenvalue weighted by Gasteiger charge is -2.33. The van der Waals surface area contributed by atoms with E-state index in [1.165, 1.54) is 19.3 Å². The zero-order chi connectivity index (χ0) is 16.2. The standard InChI is InChI=1S/C17H28N4O2/c1-13-18-14(2)21(19-13)15-7-6-10-20(11-15)17(22)12-23-16-8-4-3-5-9-16/h15-16H,3-12H2,1-2H3/t15-/m0/s1. The van der Waals surface area contributed by atoms with Crippen LogP contribution in [-0.4, -0.2) is 51.4 Å². The van der Waals surface area contributed by atoms with E-state index in [9.17, 15) is 4.79 Å². The fraction of sp³-hybridized carbons (Fsp3) is 0.824. The number of piperidine rings is 1. The summed E-state index contributed by atoms with van der Waals surface area (Å²) in [7, 11) is 0. The van der Waals surface area contributed by atoms with Crippen LogP contribution in [0.4, 0.5) is 0 Å². The average Bonchev–Trinajstić information content (AvgIpc) is 2.92. The number of nitrogens with zero attached hydrogens (tertiary/aromatic N) is 4. The van der Waals surface area contributed by atoms with Gasteiger partial charge in [-0.1, -0.05) is 19.3 Å². The van der Waals surface area contributed by atoms with Crippen LogP contribution >= 0.6 is 0 Å². The van der Waals surface area contributed by atoms with E-state index in [0.29, 0.717) is 0 Å². The van der Waals surface area contributed by atoms with E-state index in [1.807, 2.05) is 23.4 Å². The second-order valence-electron chi connectivity index (χ2n) is 6.86. The highest BCUT2D eigenvalue weighted by molar-refractivity contribution is 5.77. The second-order valence-corrected chi connectivity index (χ2v) is 6.86. The van der Waals surface area contributed by atoms with E-state index >= 15 is 0 Å². The molecular weight excluding hydrogens is 292 g/mol. The van der Waals surface area contributed by atoms with Crippen molar-refractivity contribution in [3.8, 4) is 0 Å². The molecule has 6 heteroatoms. The molecular formula is C17H28N4O2. The zero-order valence-electron chi connectivity index (χ0n) is 14.3. The lowest BCUT2D eigenvalue weighted by Crippen LogP contribution is -2.43. The van der Waals surface area contributed by atoms with Crippen LogP contribution in [-0.2, 0) is 9.53 Å². The molecule has 0 aromatic carbocycles. The normalized spacial score (nSPS) is 23.2. The van der Waals surface area contributed by atoms with Crippen LogP contribution in [0.5, 0.6) is 0 Å². The maximum absolute atomic E-state index is 12.5. The van der Waals surface area contributed by atoms with E-state index in [4.69, 9.17) is 4.74 Å². The molecule has 1 amide bonds. The van der Waals surface area contributed by atoms with Crippen LogP contribution in [0.1, 0.15) is 62.6 Å². The Hall–Kier alpha value is -1.43. The van der Waals surface area contributed by atoms with Gasteiger partial charge in [0.25, 0.3) is 0 Å². The molecule has 1 aromatic heterocycles. The number of aryl methyl sites for hydroxylation is 2. The molecule has 1 aliphatic heterocycles. The van der Waals surface area contributed by atoms with Gasteiger partial charge in [-0.15, -0.1) is 0 Å². The number of aromatic nitrogens is 3. The van der Waals surface area contributed by atoms with E-state index in [-0.39, 0.29) is 24.7 Å². The summed E-state index contributed by atoms with van der Waals surface area (Å²) in [5.74, 6) is 1.85. The maximum atomic E-state index is 12.5. The molecule has 23 heavy (non-hydrogen) atoms. The Morgan fingerprint density at radius 3 is 2.65 bits per heavy atom. The van der Waals surface area contributed by atoms with Gasteiger partial charge in [0.15, 0.2) is 0 Å². The zero-order valence-corrected chi connectivity index (χ0v) is 14.3. The Balaban J connectivity index is 1.53. The third-order valence-corrected chi connectivity index (χ3v) is 5.00.